The molecule has 0 amide bonds. The van der Waals surface area contributed by atoms with Crippen LogP contribution in [0.2, 0.25) is 0 Å². The van der Waals surface area contributed by atoms with Crippen LogP contribution in [-0.2, 0) is 6.54 Å². The molecule has 0 spiro atoms. The van der Waals surface area contributed by atoms with Gasteiger partial charge in [0, 0.05) is 4.90 Å². The van der Waals surface area contributed by atoms with Gasteiger partial charge in [0.1, 0.15) is 5.69 Å². The van der Waals surface area contributed by atoms with Crippen molar-refractivity contribution in [2.75, 3.05) is 0 Å². The molecule has 0 saturated heterocycles. The number of hydrogen-bond donors (Lipinski definition) is 0. The first-order valence-corrected chi connectivity index (χ1v) is 8.31. The second-order valence-electron chi connectivity index (χ2n) is 5.52. The van der Waals surface area contributed by atoms with Gasteiger partial charge in [-0.2, -0.15) is 5.10 Å². The maximum atomic E-state index is 12.6. The zero-order valence-electron chi connectivity index (χ0n) is 13.2. The average Bonchev–Trinajstić information content (AvgIpc) is 2.91. The van der Waals surface area contributed by atoms with Crippen LogP contribution in [0.15, 0.2) is 65.6 Å². The Bertz CT molecular complexity index is 807. The highest BCUT2D eigenvalue weighted by Gasteiger charge is 2.15. The fourth-order valence-corrected chi connectivity index (χ4v) is 3.12. The summed E-state index contributed by atoms with van der Waals surface area (Å²) >= 11 is 1.24. The predicted octanol–water partition coefficient (Wildman–Crippen LogP) is 4.48. The molecule has 0 fully saturated rings. The summed E-state index contributed by atoms with van der Waals surface area (Å²) in [5.74, 6) is 0. The molecule has 0 unspecified atom stereocenters. The number of thioether (sulfide) groups is 1. The van der Waals surface area contributed by atoms with Crippen molar-refractivity contribution in [1.82, 2.24) is 9.78 Å². The second kappa shape index (κ2) is 6.84. The maximum Gasteiger partial charge on any atom is 0.242 e. The minimum Gasteiger partial charge on any atom is -0.279 e. The summed E-state index contributed by atoms with van der Waals surface area (Å²) in [5.41, 5.74) is 3.85. The van der Waals surface area contributed by atoms with Crippen LogP contribution in [-0.4, -0.2) is 14.9 Å². The van der Waals surface area contributed by atoms with Crippen molar-refractivity contribution < 1.29 is 4.79 Å². The zero-order valence-corrected chi connectivity index (χ0v) is 14.0. The van der Waals surface area contributed by atoms with Crippen molar-refractivity contribution in [3.63, 3.8) is 0 Å². The Hall–Kier alpha value is -2.33. The van der Waals surface area contributed by atoms with Gasteiger partial charge in [0.05, 0.1) is 12.2 Å². The third-order valence-electron chi connectivity index (χ3n) is 3.52. The van der Waals surface area contributed by atoms with E-state index in [2.05, 4.69) is 36.3 Å². The highest BCUT2D eigenvalue weighted by Crippen LogP contribution is 2.23. The normalized spacial score (nSPS) is 10.7. The molecule has 0 aliphatic heterocycles. The fraction of sp³-hybridized carbons (Fsp3) is 0.158. The van der Waals surface area contributed by atoms with Gasteiger partial charge in [-0.15, -0.1) is 0 Å². The van der Waals surface area contributed by atoms with Gasteiger partial charge in [-0.05, 0) is 49.4 Å². The molecule has 0 atom stereocenters. The van der Waals surface area contributed by atoms with Gasteiger partial charge < -0.3 is 0 Å². The molecule has 0 aliphatic carbocycles. The molecule has 4 heteroatoms. The molecule has 1 heterocycles. The molecule has 3 rings (SSSR count). The summed E-state index contributed by atoms with van der Waals surface area (Å²) in [4.78, 5) is 13.5. The number of nitrogens with zero attached hydrogens (tertiary/aromatic N) is 2. The largest absolute Gasteiger partial charge is 0.279 e. The van der Waals surface area contributed by atoms with Gasteiger partial charge in [-0.3, -0.25) is 9.48 Å². The van der Waals surface area contributed by atoms with E-state index in [0.29, 0.717) is 12.2 Å². The number of carbonyl (C=O) groups is 1. The lowest BCUT2D eigenvalue weighted by atomic mass is 10.1. The van der Waals surface area contributed by atoms with Gasteiger partial charge >= 0.3 is 0 Å². The predicted molar refractivity (Wildman–Crippen MR) is 93.9 cm³/mol. The van der Waals surface area contributed by atoms with Crippen molar-refractivity contribution in [2.24, 2.45) is 0 Å². The molecule has 0 bridgehead atoms. The van der Waals surface area contributed by atoms with Crippen LogP contribution in [0.4, 0.5) is 0 Å². The molecule has 3 nitrogen and oxygen atoms in total. The number of carbonyl (C=O) groups excluding carboxylic acids is 1. The lowest BCUT2D eigenvalue weighted by molar-refractivity contribution is 0.108. The molecule has 0 N–H and O–H groups in total. The zero-order chi connectivity index (χ0) is 16.2. The van der Waals surface area contributed by atoms with Gasteiger partial charge in [-0.25, -0.2) is 0 Å². The van der Waals surface area contributed by atoms with Crippen molar-refractivity contribution in [3.8, 4) is 0 Å². The summed E-state index contributed by atoms with van der Waals surface area (Å²) in [6.45, 7) is 4.58. The first kappa shape index (κ1) is 15.6. The van der Waals surface area contributed by atoms with E-state index in [1.807, 2.05) is 43.3 Å². The van der Waals surface area contributed by atoms with Crippen molar-refractivity contribution in [2.45, 2.75) is 25.3 Å². The van der Waals surface area contributed by atoms with Gasteiger partial charge in [0.2, 0.25) is 5.12 Å². The average molecular weight is 322 g/mol. The lowest BCUT2D eigenvalue weighted by Gasteiger charge is -2.07. The molecule has 23 heavy (non-hydrogen) atoms. The molecule has 0 radical (unpaired) electrons. The number of hydrogen-bond acceptors (Lipinski definition) is 3. The van der Waals surface area contributed by atoms with Gasteiger partial charge in [-0.1, -0.05) is 48.0 Å². The molecular formula is C19H18N2OS. The number of aromatic nitrogens is 2. The third kappa shape index (κ3) is 3.90. The monoisotopic (exact) mass is 322 g/mol. The van der Waals surface area contributed by atoms with Crippen molar-refractivity contribution in [3.05, 3.63) is 83.2 Å². The smallest absolute Gasteiger partial charge is 0.242 e. The minimum atomic E-state index is 0.0175. The Morgan fingerprint density at radius 2 is 1.74 bits per heavy atom. The van der Waals surface area contributed by atoms with Crippen LogP contribution in [0.5, 0.6) is 0 Å². The quantitative estimate of drug-likeness (QED) is 0.664. The Balaban J connectivity index is 1.82. The van der Waals surface area contributed by atoms with Gasteiger partial charge in [0.15, 0.2) is 0 Å². The Morgan fingerprint density at radius 3 is 2.43 bits per heavy atom. The molecule has 0 aliphatic rings. The molecule has 0 saturated carbocycles. The van der Waals surface area contributed by atoms with E-state index in [4.69, 9.17) is 0 Å². The molecular weight excluding hydrogens is 304 g/mol. The first-order valence-electron chi connectivity index (χ1n) is 7.49. The number of benzene rings is 2. The van der Waals surface area contributed by atoms with E-state index >= 15 is 0 Å². The van der Waals surface area contributed by atoms with E-state index in [1.165, 1.54) is 17.3 Å². The topological polar surface area (TPSA) is 34.9 Å². The maximum absolute atomic E-state index is 12.6. The van der Waals surface area contributed by atoms with E-state index in [1.54, 1.807) is 4.68 Å². The second-order valence-corrected chi connectivity index (χ2v) is 6.56. The summed E-state index contributed by atoms with van der Waals surface area (Å²) in [6, 6.07) is 19.8. The molecule has 3 aromatic rings. The summed E-state index contributed by atoms with van der Waals surface area (Å²) in [5, 5.41) is 4.49. The van der Waals surface area contributed by atoms with Gasteiger partial charge in [0.25, 0.3) is 0 Å². The summed E-state index contributed by atoms with van der Waals surface area (Å²) in [7, 11) is 0. The molecule has 1 aromatic heterocycles. The standard InChI is InChI=1S/C19H18N2OS/c1-14-8-10-16(11-9-14)13-21-18(12-15(2)20-21)19(22)23-17-6-4-3-5-7-17/h3-12H,13H2,1-2H3. The lowest BCUT2D eigenvalue weighted by Crippen LogP contribution is -2.09. The van der Waals surface area contributed by atoms with E-state index in [9.17, 15) is 4.79 Å². The van der Waals surface area contributed by atoms with Crippen molar-refractivity contribution in [1.29, 1.82) is 0 Å². The Labute approximate surface area is 140 Å². The Morgan fingerprint density at radius 1 is 1.04 bits per heavy atom. The highest BCUT2D eigenvalue weighted by atomic mass is 32.2. The molecule has 2 aromatic carbocycles. The number of rotatable bonds is 4. The van der Waals surface area contributed by atoms with E-state index in [0.717, 1.165) is 16.2 Å². The van der Waals surface area contributed by atoms with Crippen LogP contribution in [0, 0.1) is 13.8 Å². The first-order chi connectivity index (χ1) is 11.1. The fourth-order valence-electron chi connectivity index (χ4n) is 2.34. The summed E-state index contributed by atoms with van der Waals surface area (Å²) < 4.78 is 1.79. The number of aryl methyl sites for hydroxylation is 2. The van der Waals surface area contributed by atoms with E-state index < -0.39 is 0 Å². The van der Waals surface area contributed by atoms with Crippen LogP contribution in [0.1, 0.15) is 27.3 Å². The third-order valence-corrected chi connectivity index (χ3v) is 4.42. The minimum absolute atomic E-state index is 0.0175. The molecule has 116 valence electrons. The van der Waals surface area contributed by atoms with Crippen LogP contribution >= 0.6 is 11.8 Å². The van der Waals surface area contributed by atoms with E-state index in [-0.39, 0.29) is 5.12 Å². The highest BCUT2D eigenvalue weighted by molar-refractivity contribution is 8.14. The van der Waals surface area contributed by atoms with Crippen molar-refractivity contribution >= 4 is 16.9 Å². The van der Waals surface area contributed by atoms with Crippen LogP contribution < -0.4 is 0 Å². The van der Waals surface area contributed by atoms with Crippen LogP contribution in [0.25, 0.3) is 0 Å². The summed E-state index contributed by atoms with van der Waals surface area (Å²) in [6.07, 6.45) is 0. The Kier molecular flexibility index (Phi) is 4.63. The SMILES string of the molecule is Cc1ccc(Cn2nc(C)cc2C(=O)Sc2ccccc2)cc1. The van der Waals surface area contributed by atoms with Crippen LogP contribution in [0.3, 0.4) is 0 Å².